The Labute approximate surface area is 118 Å². The highest BCUT2D eigenvalue weighted by Gasteiger charge is 2.16. The minimum Gasteiger partial charge on any atom is -0.378 e. The number of aromatic nitrogens is 4. The van der Waals surface area contributed by atoms with Gasteiger partial charge in [-0.1, -0.05) is 0 Å². The minimum absolute atomic E-state index is 0.406. The predicted molar refractivity (Wildman–Crippen MR) is 77.0 cm³/mol. The highest BCUT2D eigenvalue weighted by atomic mass is 16.5. The van der Waals surface area contributed by atoms with Crippen molar-refractivity contribution >= 4 is 11.3 Å². The van der Waals surface area contributed by atoms with Crippen LogP contribution in [0.1, 0.15) is 31.4 Å². The third-order valence-corrected chi connectivity index (χ3v) is 3.84. The first kappa shape index (κ1) is 13.3. The average molecular weight is 275 g/mol. The van der Waals surface area contributed by atoms with Gasteiger partial charge < -0.3 is 9.64 Å². The molecule has 2 aromatic rings. The summed E-state index contributed by atoms with van der Waals surface area (Å²) in [5.41, 5.74) is 2.85. The molecule has 0 bridgehead atoms. The van der Waals surface area contributed by atoms with Gasteiger partial charge in [0.15, 0.2) is 0 Å². The number of hydrogen-bond donors (Lipinski definition) is 0. The standard InChI is InChI=1S/C14H21N5O/c1-11-9-13(14-16-15-10-19(14)17-11)18(2)7-6-12-5-3-4-8-20-12/h9-10,12H,3-8H2,1-2H3. The number of anilines is 1. The van der Waals surface area contributed by atoms with Gasteiger partial charge in [0.05, 0.1) is 17.5 Å². The summed E-state index contributed by atoms with van der Waals surface area (Å²) in [6.45, 7) is 3.86. The molecule has 0 amide bonds. The van der Waals surface area contributed by atoms with Gasteiger partial charge >= 0.3 is 0 Å². The van der Waals surface area contributed by atoms with Gasteiger partial charge in [-0.25, -0.2) is 0 Å². The first-order valence-electron chi connectivity index (χ1n) is 7.24. The number of aryl methyl sites for hydroxylation is 1. The molecule has 0 spiro atoms. The summed E-state index contributed by atoms with van der Waals surface area (Å²) in [5, 5.41) is 12.5. The fourth-order valence-electron chi connectivity index (χ4n) is 2.71. The molecule has 0 radical (unpaired) electrons. The van der Waals surface area contributed by atoms with Crippen molar-refractivity contribution in [3.63, 3.8) is 0 Å². The monoisotopic (exact) mass is 275 g/mol. The second-order valence-electron chi connectivity index (χ2n) is 5.47. The molecule has 0 aromatic carbocycles. The Kier molecular flexibility index (Phi) is 3.82. The van der Waals surface area contributed by atoms with Crippen molar-refractivity contribution in [2.75, 3.05) is 25.1 Å². The summed E-state index contributed by atoms with van der Waals surface area (Å²) < 4.78 is 7.52. The van der Waals surface area contributed by atoms with E-state index in [-0.39, 0.29) is 0 Å². The summed E-state index contributed by atoms with van der Waals surface area (Å²) in [7, 11) is 2.09. The van der Waals surface area contributed by atoms with E-state index in [1.165, 1.54) is 19.3 Å². The summed E-state index contributed by atoms with van der Waals surface area (Å²) >= 11 is 0. The number of hydrogen-bond acceptors (Lipinski definition) is 5. The lowest BCUT2D eigenvalue weighted by molar-refractivity contribution is 0.0127. The van der Waals surface area contributed by atoms with Gasteiger partial charge in [0, 0.05) is 20.2 Å². The van der Waals surface area contributed by atoms with Gasteiger partial charge in [-0.15, -0.1) is 10.2 Å². The molecule has 3 heterocycles. The molecular weight excluding hydrogens is 254 g/mol. The van der Waals surface area contributed by atoms with Crippen molar-refractivity contribution in [2.24, 2.45) is 0 Å². The van der Waals surface area contributed by atoms with Crippen molar-refractivity contribution in [1.82, 2.24) is 19.8 Å². The van der Waals surface area contributed by atoms with Crippen molar-refractivity contribution in [1.29, 1.82) is 0 Å². The smallest absolute Gasteiger partial charge is 0.200 e. The maximum atomic E-state index is 5.79. The van der Waals surface area contributed by atoms with E-state index in [9.17, 15) is 0 Å². The van der Waals surface area contributed by atoms with E-state index in [1.54, 1.807) is 10.8 Å². The average Bonchev–Trinajstić information content (AvgIpc) is 2.93. The lowest BCUT2D eigenvalue weighted by Crippen LogP contribution is -2.27. The molecule has 6 nitrogen and oxygen atoms in total. The lowest BCUT2D eigenvalue weighted by atomic mass is 10.1. The van der Waals surface area contributed by atoms with Gasteiger partial charge in [-0.05, 0) is 38.7 Å². The molecule has 0 N–H and O–H groups in total. The molecule has 1 saturated heterocycles. The van der Waals surface area contributed by atoms with Crippen LogP contribution in [0.25, 0.3) is 5.65 Å². The normalized spacial score (nSPS) is 19.4. The van der Waals surface area contributed by atoms with Crippen molar-refractivity contribution in [3.05, 3.63) is 18.1 Å². The van der Waals surface area contributed by atoms with E-state index >= 15 is 0 Å². The van der Waals surface area contributed by atoms with Crippen LogP contribution in [-0.2, 0) is 4.74 Å². The third kappa shape index (κ3) is 2.75. The van der Waals surface area contributed by atoms with Crippen LogP contribution >= 0.6 is 0 Å². The van der Waals surface area contributed by atoms with Crippen LogP contribution in [-0.4, -0.2) is 46.1 Å². The summed E-state index contributed by atoms with van der Waals surface area (Å²) in [6, 6.07) is 2.06. The van der Waals surface area contributed by atoms with Gasteiger partial charge in [-0.3, -0.25) is 0 Å². The third-order valence-electron chi connectivity index (χ3n) is 3.84. The molecule has 0 saturated carbocycles. The highest BCUT2D eigenvalue weighted by Crippen LogP contribution is 2.21. The van der Waals surface area contributed by atoms with E-state index in [0.29, 0.717) is 6.10 Å². The van der Waals surface area contributed by atoms with Gasteiger partial charge in [0.25, 0.3) is 0 Å². The second-order valence-corrected chi connectivity index (χ2v) is 5.47. The quantitative estimate of drug-likeness (QED) is 0.852. The largest absolute Gasteiger partial charge is 0.378 e. The van der Waals surface area contributed by atoms with Crippen molar-refractivity contribution in [2.45, 2.75) is 38.7 Å². The van der Waals surface area contributed by atoms with Crippen LogP contribution in [0.2, 0.25) is 0 Å². The lowest BCUT2D eigenvalue weighted by Gasteiger charge is -2.26. The topological polar surface area (TPSA) is 55.5 Å². The van der Waals surface area contributed by atoms with Crippen LogP contribution < -0.4 is 4.90 Å². The molecular formula is C14H21N5O. The van der Waals surface area contributed by atoms with Crippen LogP contribution in [0.4, 0.5) is 5.69 Å². The van der Waals surface area contributed by atoms with Crippen LogP contribution in [0.15, 0.2) is 12.4 Å². The van der Waals surface area contributed by atoms with E-state index in [1.807, 2.05) is 6.92 Å². The minimum atomic E-state index is 0.406. The molecule has 1 atom stereocenters. The Hall–Kier alpha value is -1.69. The molecule has 3 rings (SSSR count). The van der Waals surface area contributed by atoms with Crippen molar-refractivity contribution in [3.8, 4) is 0 Å². The number of rotatable bonds is 4. The molecule has 108 valence electrons. The predicted octanol–water partition coefficient (Wildman–Crippen LogP) is 1.83. The SMILES string of the molecule is Cc1cc(N(C)CCC2CCCCO2)c2nncn2n1. The Morgan fingerprint density at radius 2 is 2.35 bits per heavy atom. The Morgan fingerprint density at radius 1 is 1.45 bits per heavy atom. The molecule has 20 heavy (non-hydrogen) atoms. The highest BCUT2D eigenvalue weighted by molar-refractivity contribution is 5.67. The Bertz CT molecular complexity index is 576. The molecule has 6 heteroatoms. The zero-order chi connectivity index (χ0) is 13.9. The van der Waals surface area contributed by atoms with Crippen LogP contribution in [0, 0.1) is 6.92 Å². The Balaban J connectivity index is 1.71. The van der Waals surface area contributed by atoms with Gasteiger partial charge in [0.1, 0.15) is 6.33 Å². The van der Waals surface area contributed by atoms with Crippen LogP contribution in [0.3, 0.4) is 0 Å². The first-order valence-corrected chi connectivity index (χ1v) is 7.24. The van der Waals surface area contributed by atoms with E-state index in [2.05, 4.69) is 33.3 Å². The van der Waals surface area contributed by atoms with Crippen molar-refractivity contribution < 1.29 is 4.74 Å². The number of ether oxygens (including phenoxy) is 1. The maximum Gasteiger partial charge on any atom is 0.200 e. The maximum absolute atomic E-state index is 5.79. The summed E-state index contributed by atoms with van der Waals surface area (Å²) in [5.74, 6) is 0. The molecule has 1 aliphatic rings. The molecule has 1 unspecified atom stereocenters. The van der Waals surface area contributed by atoms with Crippen LogP contribution in [0.5, 0.6) is 0 Å². The van der Waals surface area contributed by atoms with Gasteiger partial charge in [-0.2, -0.15) is 9.61 Å². The first-order chi connectivity index (χ1) is 9.74. The second kappa shape index (κ2) is 5.75. The molecule has 0 aliphatic carbocycles. The molecule has 1 aliphatic heterocycles. The fourth-order valence-corrected chi connectivity index (χ4v) is 2.71. The van der Waals surface area contributed by atoms with E-state index in [0.717, 1.165) is 36.6 Å². The van der Waals surface area contributed by atoms with E-state index in [4.69, 9.17) is 4.74 Å². The van der Waals surface area contributed by atoms with E-state index < -0.39 is 0 Å². The van der Waals surface area contributed by atoms with Gasteiger partial charge in [0.2, 0.25) is 5.65 Å². The molecule has 2 aromatic heterocycles. The molecule has 1 fully saturated rings. The zero-order valence-electron chi connectivity index (χ0n) is 12.1. The zero-order valence-corrected chi connectivity index (χ0v) is 12.1. The summed E-state index contributed by atoms with van der Waals surface area (Å²) in [6.07, 6.45) is 6.78. The number of fused-ring (bicyclic) bond motifs is 1. The number of nitrogens with zero attached hydrogens (tertiary/aromatic N) is 5. The summed E-state index contributed by atoms with van der Waals surface area (Å²) in [4.78, 5) is 2.22. The fraction of sp³-hybridized carbons (Fsp3) is 0.643. The Morgan fingerprint density at radius 3 is 3.15 bits per heavy atom.